The molecule has 6 nitrogen and oxygen atoms in total. The van der Waals surface area contributed by atoms with E-state index in [1.165, 1.54) is 6.33 Å². The van der Waals surface area contributed by atoms with Gasteiger partial charge in [0.15, 0.2) is 6.61 Å². The molecule has 25 heavy (non-hydrogen) atoms. The molecule has 2 aromatic carbocycles. The van der Waals surface area contributed by atoms with Crippen molar-refractivity contribution >= 4 is 21.8 Å². The maximum atomic E-state index is 12.1. The highest BCUT2D eigenvalue weighted by Gasteiger charge is 2.10. The van der Waals surface area contributed by atoms with Crippen LogP contribution in [0.15, 0.2) is 65.7 Å². The van der Waals surface area contributed by atoms with Gasteiger partial charge in [-0.25, -0.2) is 9.67 Å². The van der Waals surface area contributed by atoms with Crippen LogP contribution in [0.25, 0.3) is 5.69 Å². The zero-order valence-corrected chi connectivity index (χ0v) is 15.2. The van der Waals surface area contributed by atoms with Crippen LogP contribution in [0.3, 0.4) is 0 Å². The van der Waals surface area contributed by atoms with Gasteiger partial charge in [0.05, 0.1) is 11.7 Å². The quantitative estimate of drug-likeness (QED) is 0.689. The van der Waals surface area contributed by atoms with Gasteiger partial charge in [-0.2, -0.15) is 5.10 Å². The lowest BCUT2D eigenvalue weighted by atomic mass is 10.1. The number of halogens is 1. The second-order valence-corrected chi connectivity index (χ2v) is 6.38. The number of rotatable bonds is 6. The van der Waals surface area contributed by atoms with Crippen LogP contribution in [0, 0.1) is 0 Å². The van der Waals surface area contributed by atoms with Gasteiger partial charge in [0.25, 0.3) is 5.91 Å². The van der Waals surface area contributed by atoms with Crippen molar-refractivity contribution in [1.82, 2.24) is 20.1 Å². The Morgan fingerprint density at radius 1 is 1.28 bits per heavy atom. The third kappa shape index (κ3) is 4.67. The van der Waals surface area contributed by atoms with Crippen molar-refractivity contribution in [2.75, 3.05) is 6.61 Å². The third-order valence-electron chi connectivity index (χ3n) is 3.62. The molecular weight excluding hydrogens is 384 g/mol. The maximum Gasteiger partial charge on any atom is 0.258 e. The van der Waals surface area contributed by atoms with Gasteiger partial charge in [-0.05, 0) is 42.8 Å². The summed E-state index contributed by atoms with van der Waals surface area (Å²) in [5.41, 5.74) is 1.91. The molecule has 0 spiro atoms. The highest BCUT2D eigenvalue weighted by Crippen LogP contribution is 2.18. The molecule has 1 atom stereocenters. The second kappa shape index (κ2) is 7.94. The molecule has 0 aliphatic carbocycles. The number of ether oxygens (including phenoxy) is 1. The van der Waals surface area contributed by atoms with Crippen molar-refractivity contribution in [3.8, 4) is 11.4 Å². The van der Waals surface area contributed by atoms with Crippen molar-refractivity contribution in [2.24, 2.45) is 0 Å². The first kappa shape index (κ1) is 17.2. The van der Waals surface area contributed by atoms with Gasteiger partial charge >= 0.3 is 0 Å². The van der Waals surface area contributed by atoms with E-state index in [0.29, 0.717) is 5.75 Å². The summed E-state index contributed by atoms with van der Waals surface area (Å²) in [6.45, 7) is 1.90. The number of hydrogen-bond acceptors (Lipinski definition) is 4. The van der Waals surface area contributed by atoms with Gasteiger partial charge in [0, 0.05) is 4.47 Å². The summed E-state index contributed by atoms with van der Waals surface area (Å²) < 4.78 is 8.08. The van der Waals surface area contributed by atoms with Crippen LogP contribution >= 0.6 is 15.9 Å². The molecule has 0 saturated heterocycles. The van der Waals surface area contributed by atoms with E-state index in [9.17, 15) is 4.79 Å². The van der Waals surface area contributed by atoms with Crippen LogP contribution in [-0.4, -0.2) is 27.3 Å². The summed E-state index contributed by atoms with van der Waals surface area (Å²) in [6.07, 6.45) is 3.13. The molecule has 0 saturated carbocycles. The third-order valence-corrected chi connectivity index (χ3v) is 4.11. The Bertz CT molecular complexity index is 835. The monoisotopic (exact) mass is 400 g/mol. The largest absolute Gasteiger partial charge is 0.484 e. The maximum absolute atomic E-state index is 12.1. The van der Waals surface area contributed by atoms with Crippen LogP contribution in [0.1, 0.15) is 18.5 Å². The van der Waals surface area contributed by atoms with E-state index >= 15 is 0 Å². The molecule has 0 aliphatic rings. The number of hydrogen-bond donors (Lipinski definition) is 1. The Balaban J connectivity index is 1.54. The van der Waals surface area contributed by atoms with Crippen molar-refractivity contribution in [1.29, 1.82) is 0 Å². The van der Waals surface area contributed by atoms with E-state index in [2.05, 4.69) is 31.3 Å². The van der Waals surface area contributed by atoms with Crippen molar-refractivity contribution < 1.29 is 9.53 Å². The molecule has 3 aromatic rings. The fraction of sp³-hybridized carbons (Fsp3) is 0.167. The summed E-state index contributed by atoms with van der Waals surface area (Å²) in [6, 6.07) is 15.0. The minimum absolute atomic E-state index is 0.0299. The standard InChI is InChI=1S/C18H17BrN4O2/c1-13(14-5-7-16(8-6-14)23-12-20-11-21-23)22-18(24)10-25-17-4-2-3-15(19)9-17/h2-9,11-13H,10H2,1H3,(H,22,24)/t13-/m1/s1. The average molecular weight is 401 g/mol. The number of nitrogens with zero attached hydrogens (tertiary/aromatic N) is 3. The molecule has 0 bridgehead atoms. The highest BCUT2D eigenvalue weighted by atomic mass is 79.9. The summed E-state index contributed by atoms with van der Waals surface area (Å²) in [5.74, 6) is 0.474. The number of benzene rings is 2. The summed E-state index contributed by atoms with van der Waals surface area (Å²) in [7, 11) is 0. The minimum atomic E-state index is -0.173. The average Bonchev–Trinajstić information content (AvgIpc) is 3.15. The van der Waals surface area contributed by atoms with Crippen molar-refractivity contribution in [2.45, 2.75) is 13.0 Å². The van der Waals surface area contributed by atoms with Crippen molar-refractivity contribution in [3.05, 3.63) is 71.2 Å². The number of nitrogens with one attached hydrogen (secondary N) is 1. The molecule has 0 unspecified atom stereocenters. The number of aromatic nitrogens is 3. The Kier molecular flexibility index (Phi) is 5.45. The Morgan fingerprint density at radius 3 is 2.76 bits per heavy atom. The first-order chi connectivity index (χ1) is 12.1. The lowest BCUT2D eigenvalue weighted by Gasteiger charge is -2.15. The molecule has 0 radical (unpaired) electrons. The first-order valence-corrected chi connectivity index (χ1v) is 8.54. The minimum Gasteiger partial charge on any atom is -0.484 e. The number of carbonyl (C=O) groups is 1. The Labute approximate surface area is 154 Å². The van der Waals surface area contributed by atoms with Crippen LogP contribution in [0.4, 0.5) is 0 Å². The normalized spacial score (nSPS) is 11.8. The van der Waals surface area contributed by atoms with E-state index in [4.69, 9.17) is 4.74 Å². The zero-order chi connectivity index (χ0) is 17.6. The predicted molar refractivity (Wildman–Crippen MR) is 97.6 cm³/mol. The highest BCUT2D eigenvalue weighted by molar-refractivity contribution is 9.10. The molecule has 0 fully saturated rings. The topological polar surface area (TPSA) is 69.0 Å². The summed E-state index contributed by atoms with van der Waals surface area (Å²) in [5, 5.41) is 7.01. The van der Waals surface area contributed by atoms with Gasteiger partial charge in [-0.3, -0.25) is 4.79 Å². The molecule has 1 amide bonds. The fourth-order valence-electron chi connectivity index (χ4n) is 2.33. The van der Waals surface area contributed by atoms with E-state index in [1.54, 1.807) is 11.0 Å². The van der Waals surface area contributed by atoms with Crippen LogP contribution in [0.5, 0.6) is 5.75 Å². The van der Waals surface area contributed by atoms with E-state index in [-0.39, 0.29) is 18.6 Å². The number of carbonyl (C=O) groups excluding carboxylic acids is 1. The summed E-state index contributed by atoms with van der Waals surface area (Å²) in [4.78, 5) is 16.0. The van der Waals surface area contributed by atoms with E-state index in [1.807, 2.05) is 55.5 Å². The SMILES string of the molecule is C[C@@H](NC(=O)COc1cccc(Br)c1)c1ccc(-n2cncn2)cc1. The zero-order valence-electron chi connectivity index (χ0n) is 13.6. The smallest absolute Gasteiger partial charge is 0.258 e. The Morgan fingerprint density at radius 2 is 2.08 bits per heavy atom. The lowest BCUT2D eigenvalue weighted by Crippen LogP contribution is -2.31. The van der Waals surface area contributed by atoms with Crippen LogP contribution < -0.4 is 10.1 Å². The molecule has 3 rings (SSSR count). The summed E-state index contributed by atoms with van der Waals surface area (Å²) >= 11 is 3.37. The van der Waals surface area contributed by atoms with Gasteiger partial charge < -0.3 is 10.1 Å². The molecular formula is C18H17BrN4O2. The molecule has 1 N–H and O–H groups in total. The van der Waals surface area contributed by atoms with Gasteiger partial charge in [-0.15, -0.1) is 0 Å². The van der Waals surface area contributed by atoms with E-state index < -0.39 is 0 Å². The predicted octanol–water partition coefficient (Wildman–Crippen LogP) is 3.29. The van der Waals surface area contributed by atoms with Crippen LogP contribution in [-0.2, 0) is 4.79 Å². The van der Waals surface area contributed by atoms with Gasteiger partial charge in [-0.1, -0.05) is 34.1 Å². The molecule has 1 aromatic heterocycles. The van der Waals surface area contributed by atoms with Gasteiger partial charge in [0.1, 0.15) is 18.4 Å². The fourth-order valence-corrected chi connectivity index (χ4v) is 2.71. The molecule has 1 heterocycles. The molecule has 0 aliphatic heterocycles. The molecule has 7 heteroatoms. The molecule has 128 valence electrons. The van der Waals surface area contributed by atoms with Gasteiger partial charge in [0.2, 0.25) is 0 Å². The van der Waals surface area contributed by atoms with Crippen LogP contribution in [0.2, 0.25) is 0 Å². The second-order valence-electron chi connectivity index (χ2n) is 5.47. The lowest BCUT2D eigenvalue weighted by molar-refractivity contribution is -0.123. The van der Waals surface area contributed by atoms with Crippen molar-refractivity contribution in [3.63, 3.8) is 0 Å². The Hall–Kier alpha value is -2.67. The first-order valence-electron chi connectivity index (χ1n) is 7.74. The van der Waals surface area contributed by atoms with E-state index in [0.717, 1.165) is 15.7 Å². The number of amides is 1.